The van der Waals surface area contributed by atoms with Crippen molar-refractivity contribution >= 4 is 29.2 Å². The molecule has 0 saturated heterocycles. The summed E-state index contributed by atoms with van der Waals surface area (Å²) < 4.78 is 15.7. The summed E-state index contributed by atoms with van der Waals surface area (Å²) in [6, 6.07) is 12.2. The quantitative estimate of drug-likeness (QED) is 0.688. The van der Waals surface area contributed by atoms with Crippen LogP contribution in [0.2, 0.25) is 5.02 Å². The summed E-state index contributed by atoms with van der Waals surface area (Å²) in [5, 5.41) is 3.22. The first-order valence-electron chi connectivity index (χ1n) is 8.42. The molecule has 2 rings (SSSR count). The third kappa shape index (κ3) is 6.49. The number of aryl methyl sites for hydroxylation is 1. The van der Waals surface area contributed by atoms with Crippen molar-refractivity contribution in [2.45, 2.75) is 26.4 Å². The molecular formula is C20H22ClNO5. The Morgan fingerprint density at radius 3 is 2.44 bits per heavy atom. The lowest BCUT2D eigenvalue weighted by Crippen LogP contribution is -2.30. The van der Waals surface area contributed by atoms with Crippen LogP contribution >= 0.6 is 11.6 Å². The van der Waals surface area contributed by atoms with Gasteiger partial charge in [-0.3, -0.25) is 9.59 Å². The first kappa shape index (κ1) is 20.6. The van der Waals surface area contributed by atoms with E-state index >= 15 is 0 Å². The Morgan fingerprint density at radius 2 is 1.78 bits per heavy atom. The molecule has 0 bridgehead atoms. The summed E-state index contributed by atoms with van der Waals surface area (Å²) in [5.41, 5.74) is 1.44. The van der Waals surface area contributed by atoms with Crippen LogP contribution in [0.4, 0.5) is 5.69 Å². The predicted octanol–water partition coefficient (Wildman–Crippen LogP) is 4.00. The number of hydrogen-bond donors (Lipinski definition) is 1. The number of anilines is 1. The highest BCUT2D eigenvalue weighted by molar-refractivity contribution is 6.31. The molecule has 0 saturated carbocycles. The highest BCUT2D eigenvalue weighted by Gasteiger charge is 2.18. The normalized spacial score (nSPS) is 11.4. The minimum Gasteiger partial charge on any atom is -0.497 e. The van der Waals surface area contributed by atoms with Gasteiger partial charge in [0.25, 0.3) is 5.91 Å². The number of carbonyl (C=O) groups is 2. The van der Waals surface area contributed by atoms with Crippen molar-refractivity contribution in [3.05, 3.63) is 53.1 Å². The third-order valence-electron chi connectivity index (χ3n) is 3.77. The zero-order valence-electron chi connectivity index (χ0n) is 15.5. The molecule has 2 aromatic rings. The van der Waals surface area contributed by atoms with Crippen molar-refractivity contribution in [2.24, 2.45) is 0 Å². The zero-order valence-corrected chi connectivity index (χ0v) is 16.2. The second-order valence-electron chi connectivity index (χ2n) is 5.85. The lowest BCUT2D eigenvalue weighted by molar-refractivity contribution is -0.153. The van der Waals surface area contributed by atoms with Gasteiger partial charge in [-0.25, -0.2) is 0 Å². The number of hydrogen-bond acceptors (Lipinski definition) is 5. The number of benzene rings is 2. The minimum atomic E-state index is -0.933. The van der Waals surface area contributed by atoms with E-state index in [-0.39, 0.29) is 13.0 Å². The fourth-order valence-electron chi connectivity index (χ4n) is 2.20. The fraction of sp³-hybridized carbons (Fsp3) is 0.300. The van der Waals surface area contributed by atoms with Gasteiger partial charge < -0.3 is 19.5 Å². The zero-order chi connectivity index (χ0) is 19.8. The van der Waals surface area contributed by atoms with Gasteiger partial charge in [-0.05, 0) is 55.8 Å². The summed E-state index contributed by atoms with van der Waals surface area (Å²) in [4.78, 5) is 24.1. The number of esters is 1. The molecule has 27 heavy (non-hydrogen) atoms. The Balaban J connectivity index is 1.76. The minimum absolute atomic E-state index is 0.0276. The van der Waals surface area contributed by atoms with Crippen LogP contribution in [0.25, 0.3) is 0 Å². The van der Waals surface area contributed by atoms with Crippen LogP contribution < -0.4 is 14.8 Å². The van der Waals surface area contributed by atoms with Crippen LogP contribution in [-0.2, 0) is 14.3 Å². The van der Waals surface area contributed by atoms with Gasteiger partial charge in [-0.2, -0.15) is 0 Å². The molecule has 1 N–H and O–H groups in total. The Kier molecular flexibility index (Phi) is 7.49. The molecule has 1 unspecified atom stereocenters. The van der Waals surface area contributed by atoms with E-state index in [2.05, 4.69) is 5.32 Å². The third-order valence-corrected chi connectivity index (χ3v) is 4.00. The predicted molar refractivity (Wildman–Crippen MR) is 103 cm³/mol. The van der Waals surface area contributed by atoms with Crippen molar-refractivity contribution in [3.8, 4) is 11.5 Å². The number of ether oxygens (including phenoxy) is 3. The summed E-state index contributed by atoms with van der Waals surface area (Å²) in [6.07, 6.45) is -0.906. The van der Waals surface area contributed by atoms with Crippen molar-refractivity contribution in [2.75, 3.05) is 19.0 Å². The van der Waals surface area contributed by atoms with Gasteiger partial charge in [0.05, 0.1) is 20.1 Å². The lowest BCUT2D eigenvalue weighted by atomic mass is 10.2. The van der Waals surface area contributed by atoms with Crippen molar-refractivity contribution < 1.29 is 23.8 Å². The molecule has 1 amide bonds. The highest BCUT2D eigenvalue weighted by Crippen LogP contribution is 2.20. The molecule has 0 aromatic heterocycles. The molecule has 0 heterocycles. The monoisotopic (exact) mass is 391 g/mol. The number of methoxy groups -OCH3 is 1. The van der Waals surface area contributed by atoms with Crippen LogP contribution in [-0.4, -0.2) is 31.7 Å². The highest BCUT2D eigenvalue weighted by atomic mass is 35.5. The van der Waals surface area contributed by atoms with Gasteiger partial charge in [0.1, 0.15) is 11.5 Å². The molecule has 0 spiro atoms. The van der Waals surface area contributed by atoms with Crippen LogP contribution in [0.15, 0.2) is 42.5 Å². The van der Waals surface area contributed by atoms with E-state index in [0.717, 1.165) is 11.3 Å². The van der Waals surface area contributed by atoms with E-state index in [1.54, 1.807) is 49.6 Å². The molecule has 6 nitrogen and oxygen atoms in total. The number of carbonyl (C=O) groups excluding carboxylic acids is 2. The molecule has 2 aromatic carbocycles. The molecule has 0 aliphatic carbocycles. The Bertz CT molecular complexity index is 791. The Labute approximate surface area is 163 Å². The summed E-state index contributed by atoms with van der Waals surface area (Å²) in [6.45, 7) is 3.50. The van der Waals surface area contributed by atoms with Gasteiger partial charge in [-0.1, -0.05) is 17.7 Å². The first-order valence-corrected chi connectivity index (χ1v) is 8.80. The van der Waals surface area contributed by atoms with E-state index in [4.69, 9.17) is 25.8 Å². The van der Waals surface area contributed by atoms with Gasteiger partial charge in [0.2, 0.25) is 0 Å². The number of halogens is 1. The van der Waals surface area contributed by atoms with Gasteiger partial charge in [0.15, 0.2) is 6.10 Å². The topological polar surface area (TPSA) is 73.9 Å². The van der Waals surface area contributed by atoms with Crippen LogP contribution in [0.3, 0.4) is 0 Å². The van der Waals surface area contributed by atoms with Crippen molar-refractivity contribution in [1.29, 1.82) is 0 Å². The fourth-order valence-corrected chi connectivity index (χ4v) is 2.37. The summed E-state index contributed by atoms with van der Waals surface area (Å²) >= 11 is 5.93. The maximum Gasteiger partial charge on any atom is 0.310 e. The van der Waals surface area contributed by atoms with E-state index in [9.17, 15) is 9.59 Å². The van der Waals surface area contributed by atoms with Crippen LogP contribution in [0.1, 0.15) is 18.9 Å². The molecule has 7 heteroatoms. The molecule has 144 valence electrons. The van der Waals surface area contributed by atoms with Crippen molar-refractivity contribution in [3.63, 3.8) is 0 Å². The van der Waals surface area contributed by atoms with Gasteiger partial charge >= 0.3 is 5.97 Å². The van der Waals surface area contributed by atoms with E-state index in [1.165, 1.54) is 6.92 Å². The van der Waals surface area contributed by atoms with Crippen molar-refractivity contribution in [1.82, 2.24) is 0 Å². The van der Waals surface area contributed by atoms with Gasteiger partial charge in [-0.15, -0.1) is 0 Å². The lowest BCUT2D eigenvalue weighted by Gasteiger charge is -2.15. The Morgan fingerprint density at radius 1 is 1.11 bits per heavy atom. The molecular weight excluding hydrogens is 370 g/mol. The summed E-state index contributed by atoms with van der Waals surface area (Å²) in [5.74, 6) is 0.390. The van der Waals surface area contributed by atoms with E-state index < -0.39 is 18.0 Å². The first-order chi connectivity index (χ1) is 12.9. The SMILES string of the molecule is COc1ccc(OCCC(=O)OC(C)C(=O)Nc2cc(Cl)ccc2C)cc1. The molecule has 0 fully saturated rings. The maximum absolute atomic E-state index is 12.2. The Hall–Kier alpha value is -2.73. The molecule has 0 aliphatic heterocycles. The van der Waals surface area contributed by atoms with E-state index in [1.807, 2.05) is 6.92 Å². The average molecular weight is 392 g/mol. The standard InChI is InChI=1S/C20H22ClNO5/c1-13-4-5-15(21)12-18(13)22-20(24)14(2)27-19(23)10-11-26-17-8-6-16(25-3)7-9-17/h4-9,12,14H,10-11H2,1-3H3,(H,22,24). The maximum atomic E-state index is 12.2. The van der Waals surface area contributed by atoms with Gasteiger partial charge in [0, 0.05) is 10.7 Å². The van der Waals surface area contributed by atoms with Crippen LogP contribution in [0, 0.1) is 6.92 Å². The smallest absolute Gasteiger partial charge is 0.310 e. The van der Waals surface area contributed by atoms with E-state index in [0.29, 0.717) is 16.5 Å². The molecule has 1 atom stereocenters. The largest absolute Gasteiger partial charge is 0.497 e. The number of rotatable bonds is 8. The summed E-state index contributed by atoms with van der Waals surface area (Å²) in [7, 11) is 1.58. The molecule has 0 aliphatic rings. The second-order valence-corrected chi connectivity index (χ2v) is 6.29. The molecule has 0 radical (unpaired) electrons. The van der Waals surface area contributed by atoms with Crippen LogP contribution in [0.5, 0.6) is 11.5 Å². The average Bonchev–Trinajstić information content (AvgIpc) is 2.65. The second kappa shape index (κ2) is 9.83. The number of amides is 1. The number of nitrogens with one attached hydrogen (secondary N) is 1.